The maximum atomic E-state index is 12.9. The van der Waals surface area contributed by atoms with Gasteiger partial charge in [0.1, 0.15) is 0 Å². The first kappa shape index (κ1) is 15.7. The second-order valence-corrected chi connectivity index (χ2v) is 4.66. The molecule has 1 aromatic carbocycles. The van der Waals surface area contributed by atoms with Gasteiger partial charge in [0.25, 0.3) is 0 Å². The number of rotatable bonds is 1. The second-order valence-electron chi connectivity index (χ2n) is 3.91. The summed E-state index contributed by atoms with van der Waals surface area (Å²) in [6, 6.07) is 0.568. The van der Waals surface area contributed by atoms with E-state index in [0.29, 0.717) is 10.6 Å². The molecule has 10 heteroatoms. The molecule has 0 aliphatic heterocycles. The van der Waals surface area contributed by atoms with Crippen LogP contribution in [0.5, 0.6) is 0 Å². The van der Waals surface area contributed by atoms with Gasteiger partial charge in [-0.2, -0.15) is 17.7 Å². The van der Waals surface area contributed by atoms with Gasteiger partial charge in [-0.25, -0.2) is 9.59 Å². The number of benzene rings is 1. The number of aromatic nitrogens is 2. The van der Waals surface area contributed by atoms with Crippen molar-refractivity contribution in [1.29, 1.82) is 0 Å². The Morgan fingerprint density at radius 2 is 2.00 bits per heavy atom. The molecule has 0 bridgehead atoms. The fraction of sp³-hybridized carbons (Fsp3) is 0.273. The van der Waals surface area contributed by atoms with Crippen LogP contribution >= 0.6 is 23.2 Å². The van der Waals surface area contributed by atoms with Crippen molar-refractivity contribution < 1.29 is 22.7 Å². The Morgan fingerprint density at radius 1 is 1.38 bits per heavy atom. The van der Waals surface area contributed by atoms with Crippen LogP contribution < -0.4 is 5.69 Å². The number of aromatic amines is 1. The number of carbonyl (C=O) groups excluding carboxylic acids is 1. The molecule has 0 aliphatic carbocycles. The number of fused-ring (bicyclic) bond motifs is 1. The lowest BCUT2D eigenvalue weighted by molar-refractivity contribution is -0.137. The van der Waals surface area contributed by atoms with Crippen LogP contribution in [-0.2, 0) is 10.9 Å². The van der Waals surface area contributed by atoms with Crippen molar-refractivity contribution in [3.8, 4) is 0 Å². The number of alkyl halides is 3. The molecule has 0 aliphatic rings. The average molecular weight is 343 g/mol. The van der Waals surface area contributed by atoms with E-state index in [0.717, 1.165) is 0 Å². The molecule has 0 amide bonds. The van der Waals surface area contributed by atoms with Crippen LogP contribution in [0.25, 0.3) is 11.0 Å². The van der Waals surface area contributed by atoms with Crippen LogP contribution in [0, 0.1) is 0 Å². The quantitative estimate of drug-likeness (QED) is 0.860. The highest BCUT2D eigenvalue weighted by Gasteiger charge is 2.36. The summed E-state index contributed by atoms with van der Waals surface area (Å²) in [7, 11) is 0. The lowest BCUT2D eigenvalue weighted by Crippen LogP contribution is -2.25. The third kappa shape index (κ3) is 2.60. The fourth-order valence-electron chi connectivity index (χ4n) is 1.76. The van der Waals surface area contributed by atoms with E-state index >= 15 is 0 Å². The summed E-state index contributed by atoms with van der Waals surface area (Å²) >= 11 is 11.3. The largest absolute Gasteiger partial charge is 0.449 e. The summed E-state index contributed by atoms with van der Waals surface area (Å²) in [5.41, 5.74) is -2.76. The van der Waals surface area contributed by atoms with Crippen molar-refractivity contribution in [2.75, 3.05) is 6.61 Å². The number of imidazole rings is 1. The zero-order valence-electron chi connectivity index (χ0n) is 10.3. The number of nitrogens with one attached hydrogen (secondary N) is 1. The molecule has 0 saturated heterocycles. The first-order chi connectivity index (χ1) is 9.68. The fourth-order valence-corrected chi connectivity index (χ4v) is 2.26. The smallest absolute Gasteiger partial charge is 0.422 e. The molecule has 0 atom stereocenters. The van der Waals surface area contributed by atoms with Gasteiger partial charge < -0.3 is 9.72 Å². The van der Waals surface area contributed by atoms with Crippen LogP contribution in [0.1, 0.15) is 12.5 Å². The Morgan fingerprint density at radius 3 is 2.52 bits per heavy atom. The molecule has 1 heterocycles. The molecule has 1 aromatic heterocycles. The Labute approximate surface area is 125 Å². The highest BCUT2D eigenvalue weighted by Crippen LogP contribution is 2.41. The predicted molar refractivity (Wildman–Crippen MR) is 70.0 cm³/mol. The van der Waals surface area contributed by atoms with Gasteiger partial charge in [-0.05, 0) is 13.0 Å². The van der Waals surface area contributed by atoms with Crippen molar-refractivity contribution >= 4 is 40.3 Å². The minimum Gasteiger partial charge on any atom is -0.449 e. The predicted octanol–water partition coefficient (Wildman–Crippen LogP) is 3.66. The standard InChI is InChI=1S/C11H7Cl2F3N2O3/c1-2-21-10(20)18-5-3-4(11(14,15)16)6(12)7(13)8(5)17-9(18)19/h3H,2H2,1H3,(H,17,19). The molecule has 5 nitrogen and oxygen atoms in total. The van der Waals surface area contributed by atoms with Crippen molar-refractivity contribution in [2.24, 2.45) is 0 Å². The zero-order valence-corrected chi connectivity index (χ0v) is 11.9. The summed E-state index contributed by atoms with van der Waals surface area (Å²) < 4.78 is 43.7. The number of carbonyl (C=O) groups is 1. The first-order valence-corrected chi connectivity index (χ1v) is 6.31. The lowest BCUT2D eigenvalue weighted by Gasteiger charge is -2.11. The van der Waals surface area contributed by atoms with E-state index in [9.17, 15) is 22.8 Å². The maximum Gasteiger partial charge on any atom is 0.422 e. The highest BCUT2D eigenvalue weighted by molar-refractivity contribution is 6.45. The summed E-state index contributed by atoms with van der Waals surface area (Å²) in [6.45, 7) is 1.44. The Balaban J connectivity index is 2.85. The SMILES string of the molecule is CCOC(=O)n1c(=O)[nH]c2c(Cl)c(Cl)c(C(F)(F)F)cc21. The molecule has 0 radical (unpaired) electrons. The number of ether oxygens (including phenoxy) is 1. The van der Waals surface area contributed by atoms with Crippen LogP contribution in [-0.4, -0.2) is 22.3 Å². The molecule has 0 spiro atoms. The topological polar surface area (TPSA) is 64.1 Å². The summed E-state index contributed by atoms with van der Waals surface area (Å²) in [5, 5.41) is -1.25. The van der Waals surface area contributed by atoms with E-state index in [1.165, 1.54) is 6.92 Å². The van der Waals surface area contributed by atoms with Crippen LogP contribution in [0.2, 0.25) is 10.0 Å². The van der Waals surface area contributed by atoms with Gasteiger partial charge >= 0.3 is 18.0 Å². The zero-order chi connectivity index (χ0) is 15.9. The lowest BCUT2D eigenvalue weighted by atomic mass is 10.2. The summed E-state index contributed by atoms with van der Waals surface area (Å²) in [5.74, 6) is 0. The number of nitrogens with zero attached hydrogens (tertiary/aromatic N) is 1. The average Bonchev–Trinajstić information content (AvgIpc) is 2.69. The van der Waals surface area contributed by atoms with E-state index < -0.39 is 33.6 Å². The van der Waals surface area contributed by atoms with Gasteiger partial charge in [-0.3, -0.25) is 0 Å². The molecule has 1 N–H and O–H groups in total. The normalized spacial score (nSPS) is 11.9. The van der Waals surface area contributed by atoms with Crippen LogP contribution in [0.3, 0.4) is 0 Å². The molecule has 2 rings (SSSR count). The van der Waals surface area contributed by atoms with Crippen molar-refractivity contribution in [3.63, 3.8) is 0 Å². The number of H-pyrrole nitrogens is 1. The number of halogens is 5. The van der Waals surface area contributed by atoms with Crippen LogP contribution in [0.4, 0.5) is 18.0 Å². The van der Waals surface area contributed by atoms with E-state index in [2.05, 4.69) is 9.72 Å². The van der Waals surface area contributed by atoms with E-state index in [4.69, 9.17) is 23.2 Å². The molecule has 21 heavy (non-hydrogen) atoms. The van der Waals surface area contributed by atoms with E-state index in [1.807, 2.05) is 0 Å². The van der Waals surface area contributed by atoms with Gasteiger partial charge in [0.15, 0.2) is 0 Å². The molecule has 114 valence electrons. The molecule has 0 saturated carbocycles. The Bertz CT molecular complexity index is 780. The monoisotopic (exact) mass is 342 g/mol. The van der Waals surface area contributed by atoms with E-state index in [-0.39, 0.29) is 17.6 Å². The van der Waals surface area contributed by atoms with Gasteiger partial charge in [0.2, 0.25) is 0 Å². The second kappa shape index (κ2) is 5.27. The van der Waals surface area contributed by atoms with Gasteiger partial charge in [-0.15, -0.1) is 0 Å². The van der Waals surface area contributed by atoms with Crippen molar-refractivity contribution in [2.45, 2.75) is 13.1 Å². The van der Waals surface area contributed by atoms with Gasteiger partial charge in [-0.1, -0.05) is 23.2 Å². The highest BCUT2D eigenvalue weighted by atomic mass is 35.5. The molecular weight excluding hydrogens is 336 g/mol. The minimum atomic E-state index is -4.79. The van der Waals surface area contributed by atoms with Gasteiger partial charge in [0.05, 0.1) is 33.2 Å². The van der Waals surface area contributed by atoms with Crippen molar-refractivity contribution in [3.05, 3.63) is 32.2 Å². The van der Waals surface area contributed by atoms with Crippen molar-refractivity contribution in [1.82, 2.24) is 9.55 Å². The van der Waals surface area contributed by atoms with E-state index in [1.54, 1.807) is 0 Å². The third-order valence-corrected chi connectivity index (χ3v) is 3.48. The molecule has 0 fully saturated rings. The Hall–Kier alpha value is -1.67. The maximum absolute atomic E-state index is 12.9. The third-order valence-electron chi connectivity index (χ3n) is 2.62. The summed E-state index contributed by atoms with van der Waals surface area (Å²) in [4.78, 5) is 25.5. The molecule has 2 aromatic rings. The van der Waals surface area contributed by atoms with Gasteiger partial charge in [0, 0.05) is 0 Å². The summed E-state index contributed by atoms with van der Waals surface area (Å²) in [6.07, 6.45) is -5.90. The molecule has 0 unspecified atom stereocenters. The number of hydrogen-bond acceptors (Lipinski definition) is 3. The number of hydrogen-bond donors (Lipinski definition) is 1. The van der Waals surface area contributed by atoms with Crippen LogP contribution in [0.15, 0.2) is 10.9 Å². The first-order valence-electron chi connectivity index (χ1n) is 5.55. The minimum absolute atomic E-state index is 0.0502. The Kier molecular flexibility index (Phi) is 3.94. The molecular formula is C11H7Cl2F3N2O3.